The number of hydrogen-bond donors (Lipinski definition) is 1. The van der Waals surface area contributed by atoms with Crippen LogP contribution >= 0.6 is 0 Å². The van der Waals surface area contributed by atoms with Gasteiger partial charge in [-0.25, -0.2) is 4.79 Å². The van der Waals surface area contributed by atoms with Crippen molar-refractivity contribution in [2.75, 3.05) is 47.5 Å². The van der Waals surface area contributed by atoms with Gasteiger partial charge >= 0.3 is 17.9 Å². The Morgan fingerprint density at radius 3 is 1.59 bits per heavy atom. The van der Waals surface area contributed by atoms with Crippen molar-refractivity contribution < 1.29 is 42.9 Å². The molecular formula is C45H78NO8+. The van der Waals surface area contributed by atoms with Gasteiger partial charge in [-0.1, -0.05) is 120 Å². The van der Waals surface area contributed by atoms with E-state index in [1.165, 1.54) is 32.1 Å². The summed E-state index contributed by atoms with van der Waals surface area (Å²) in [5.41, 5.74) is 0. The molecule has 0 aliphatic carbocycles. The Hall–Kier alpha value is -3.01. The van der Waals surface area contributed by atoms with E-state index in [9.17, 15) is 19.5 Å². The molecule has 310 valence electrons. The van der Waals surface area contributed by atoms with Gasteiger partial charge < -0.3 is 28.5 Å². The smallest absolute Gasteiger partial charge is 0.361 e. The zero-order chi connectivity index (χ0) is 40.0. The van der Waals surface area contributed by atoms with E-state index in [-0.39, 0.29) is 38.6 Å². The number of carboxylic acid groups (broad SMARTS) is 1. The first kappa shape index (κ1) is 51.0. The van der Waals surface area contributed by atoms with E-state index >= 15 is 0 Å². The number of carboxylic acids is 1. The fourth-order valence-corrected chi connectivity index (χ4v) is 5.23. The quantitative estimate of drug-likeness (QED) is 0.0219. The van der Waals surface area contributed by atoms with Gasteiger partial charge in [0.25, 0.3) is 6.29 Å². The third-order valence-corrected chi connectivity index (χ3v) is 8.51. The van der Waals surface area contributed by atoms with Crippen molar-refractivity contribution in [2.45, 2.75) is 161 Å². The molecule has 0 aromatic rings. The van der Waals surface area contributed by atoms with Crippen molar-refractivity contribution in [2.24, 2.45) is 0 Å². The molecule has 0 fully saturated rings. The average Bonchev–Trinajstić information content (AvgIpc) is 3.12. The van der Waals surface area contributed by atoms with Crippen LogP contribution in [-0.2, 0) is 33.3 Å². The minimum atomic E-state index is -1.52. The van der Waals surface area contributed by atoms with Gasteiger partial charge in [0.2, 0.25) is 0 Å². The summed E-state index contributed by atoms with van der Waals surface area (Å²) in [6.07, 6.45) is 40.0. The van der Waals surface area contributed by atoms with E-state index in [1.807, 2.05) is 21.1 Å². The van der Waals surface area contributed by atoms with Gasteiger partial charge in [-0.2, -0.15) is 0 Å². The van der Waals surface area contributed by atoms with Crippen LogP contribution in [0.5, 0.6) is 0 Å². The highest BCUT2D eigenvalue weighted by Gasteiger charge is 2.25. The lowest BCUT2D eigenvalue weighted by atomic mass is 10.1. The van der Waals surface area contributed by atoms with Gasteiger partial charge in [0.1, 0.15) is 13.2 Å². The van der Waals surface area contributed by atoms with Gasteiger partial charge in [-0.15, -0.1) is 0 Å². The number of carbonyl (C=O) groups is 3. The lowest BCUT2D eigenvalue weighted by Crippen LogP contribution is -2.40. The minimum absolute atomic E-state index is 0.177. The molecule has 54 heavy (non-hydrogen) atoms. The molecule has 0 heterocycles. The van der Waals surface area contributed by atoms with Crippen molar-refractivity contribution in [3.8, 4) is 0 Å². The number of hydrogen-bond acceptors (Lipinski definition) is 7. The first-order chi connectivity index (χ1) is 26.1. The minimum Gasteiger partial charge on any atom is -0.477 e. The average molecular weight is 761 g/mol. The Balaban J connectivity index is 4.56. The second-order valence-electron chi connectivity index (χ2n) is 14.9. The Morgan fingerprint density at radius 1 is 0.574 bits per heavy atom. The molecule has 0 rings (SSSR count). The van der Waals surface area contributed by atoms with Crippen molar-refractivity contribution in [1.82, 2.24) is 0 Å². The highest BCUT2D eigenvalue weighted by atomic mass is 16.7. The molecule has 9 heteroatoms. The molecule has 0 aliphatic heterocycles. The summed E-state index contributed by atoms with van der Waals surface area (Å²) >= 11 is 0. The summed E-state index contributed by atoms with van der Waals surface area (Å²) in [5, 5.41) is 9.61. The largest absolute Gasteiger partial charge is 0.477 e. The molecule has 0 amide bonds. The van der Waals surface area contributed by atoms with Gasteiger partial charge in [0.05, 0.1) is 34.4 Å². The van der Waals surface area contributed by atoms with E-state index in [4.69, 9.17) is 18.9 Å². The first-order valence-electron chi connectivity index (χ1n) is 21.0. The number of allylic oxidation sites excluding steroid dienone is 10. The highest BCUT2D eigenvalue weighted by Crippen LogP contribution is 2.11. The maximum atomic E-state index is 12.7. The number of carbonyl (C=O) groups excluding carboxylic acids is 2. The number of ether oxygens (including phenoxy) is 4. The molecule has 0 aliphatic rings. The van der Waals surface area contributed by atoms with Crippen LogP contribution in [0.15, 0.2) is 60.8 Å². The van der Waals surface area contributed by atoms with E-state index in [2.05, 4.69) is 74.6 Å². The third-order valence-electron chi connectivity index (χ3n) is 8.51. The Morgan fingerprint density at radius 2 is 1.06 bits per heavy atom. The van der Waals surface area contributed by atoms with E-state index < -0.39 is 24.3 Å². The van der Waals surface area contributed by atoms with Crippen LogP contribution in [0, 0.1) is 0 Å². The topological polar surface area (TPSA) is 108 Å². The third kappa shape index (κ3) is 37.3. The SMILES string of the molecule is CC/C=C\C/C=C\C/C=C\CCCCCC(=O)OC(COC(=O)CCCCCCC/C=C\C/C=C\CCCCCC)COC(OCC[N+](C)(C)C)C(=O)O. The monoisotopic (exact) mass is 761 g/mol. The van der Waals surface area contributed by atoms with E-state index in [0.29, 0.717) is 17.4 Å². The molecule has 2 unspecified atom stereocenters. The predicted octanol–water partition coefficient (Wildman–Crippen LogP) is 10.6. The molecule has 9 nitrogen and oxygen atoms in total. The zero-order valence-corrected chi connectivity index (χ0v) is 34.9. The summed E-state index contributed by atoms with van der Waals surface area (Å²) in [5.74, 6) is -2.08. The fourth-order valence-electron chi connectivity index (χ4n) is 5.23. The Labute approximate surface area is 329 Å². The summed E-state index contributed by atoms with van der Waals surface area (Å²) in [6, 6.07) is 0. The van der Waals surface area contributed by atoms with Crippen molar-refractivity contribution in [3.63, 3.8) is 0 Å². The number of rotatable bonds is 37. The molecular weight excluding hydrogens is 682 g/mol. The lowest BCUT2D eigenvalue weighted by molar-refractivity contribution is -0.870. The van der Waals surface area contributed by atoms with Gasteiger partial charge in [0.15, 0.2) is 6.10 Å². The molecule has 0 aromatic heterocycles. The van der Waals surface area contributed by atoms with Crippen LogP contribution in [0.3, 0.4) is 0 Å². The van der Waals surface area contributed by atoms with Crippen LogP contribution < -0.4 is 0 Å². The van der Waals surface area contributed by atoms with Crippen LogP contribution in [0.2, 0.25) is 0 Å². The van der Waals surface area contributed by atoms with Crippen LogP contribution in [0.25, 0.3) is 0 Å². The summed E-state index contributed by atoms with van der Waals surface area (Å²) in [6.45, 7) is 4.66. The zero-order valence-electron chi connectivity index (χ0n) is 34.9. The molecule has 1 N–H and O–H groups in total. The van der Waals surface area contributed by atoms with Crippen LogP contribution in [0.1, 0.15) is 149 Å². The van der Waals surface area contributed by atoms with Crippen molar-refractivity contribution in [1.29, 1.82) is 0 Å². The molecule has 0 saturated heterocycles. The number of likely N-dealkylation sites (N-methyl/N-ethyl adjacent to an activating group) is 1. The molecule has 0 spiro atoms. The number of quaternary nitrogens is 1. The normalized spacial score (nSPS) is 13.6. The summed E-state index contributed by atoms with van der Waals surface area (Å²) < 4.78 is 22.6. The maximum absolute atomic E-state index is 12.7. The van der Waals surface area contributed by atoms with E-state index in [0.717, 1.165) is 83.5 Å². The highest BCUT2D eigenvalue weighted by molar-refractivity contribution is 5.71. The van der Waals surface area contributed by atoms with Gasteiger partial charge in [-0.3, -0.25) is 9.59 Å². The van der Waals surface area contributed by atoms with Crippen molar-refractivity contribution in [3.05, 3.63) is 60.8 Å². The van der Waals surface area contributed by atoms with Crippen LogP contribution in [0.4, 0.5) is 0 Å². The maximum Gasteiger partial charge on any atom is 0.361 e. The van der Waals surface area contributed by atoms with Crippen LogP contribution in [-0.4, -0.2) is 87.4 Å². The Kier molecular flexibility index (Phi) is 34.9. The molecule has 0 radical (unpaired) electrons. The lowest BCUT2D eigenvalue weighted by Gasteiger charge is -2.25. The molecule has 0 aromatic carbocycles. The van der Waals surface area contributed by atoms with Gasteiger partial charge in [-0.05, 0) is 77.0 Å². The van der Waals surface area contributed by atoms with Gasteiger partial charge in [0, 0.05) is 12.8 Å². The Bertz CT molecular complexity index is 1070. The summed E-state index contributed by atoms with van der Waals surface area (Å²) in [4.78, 5) is 37.0. The molecule has 0 bridgehead atoms. The fraction of sp³-hybridized carbons (Fsp3) is 0.711. The standard InChI is InChI=1S/C45H77NO8/c1-6-8-10-12-14-16-18-20-21-22-24-25-27-29-31-33-35-42(47)52-39-41(40-53-45(44(49)50)51-38-37-46(3,4)5)54-43(48)36-34-32-30-28-26-23-19-17-15-13-11-9-7-2/h9,11,15-18,21-23,26,41,45H,6-8,10,12-14,19-20,24-25,27-40H2,1-5H3/p+1/b11-9-,17-15-,18-16-,22-21-,26-23-. The number of aliphatic carboxylic acids is 1. The van der Waals surface area contributed by atoms with E-state index in [1.54, 1.807) is 0 Å². The summed E-state index contributed by atoms with van der Waals surface area (Å²) in [7, 11) is 5.93. The molecule has 0 saturated carbocycles. The second-order valence-corrected chi connectivity index (χ2v) is 14.9. The number of esters is 2. The number of unbranched alkanes of at least 4 members (excludes halogenated alkanes) is 12. The first-order valence-corrected chi connectivity index (χ1v) is 21.0. The van der Waals surface area contributed by atoms with Crippen molar-refractivity contribution >= 4 is 17.9 Å². The predicted molar refractivity (Wildman–Crippen MR) is 221 cm³/mol. The number of nitrogens with zero attached hydrogens (tertiary/aromatic N) is 1. The molecule has 2 atom stereocenters. The second kappa shape index (κ2) is 36.9.